The van der Waals surface area contributed by atoms with Gasteiger partial charge < -0.3 is 30.3 Å². The molecule has 2 aromatic carbocycles. The Morgan fingerprint density at radius 2 is 1.00 bits per heavy atom. The zero-order valence-corrected chi connectivity index (χ0v) is 42.9. The second-order valence-corrected chi connectivity index (χ2v) is 25.0. The van der Waals surface area contributed by atoms with Crippen molar-refractivity contribution in [1.82, 2.24) is 20.4 Å². The molecule has 2 unspecified atom stereocenters. The summed E-state index contributed by atoms with van der Waals surface area (Å²) in [6.07, 6.45) is 21.8. The fraction of sp³-hybridized carbons (Fsp3) is 0.704. The van der Waals surface area contributed by atoms with Crippen LogP contribution >= 0.6 is 21.4 Å². The molecule has 8 saturated carbocycles. The van der Waals surface area contributed by atoms with E-state index in [2.05, 4.69) is 97.3 Å². The average Bonchev–Trinajstić information content (AvgIpc) is 3.82. The van der Waals surface area contributed by atoms with Gasteiger partial charge in [0.05, 0.1) is 6.61 Å². The molecule has 4 amide bonds. The maximum atomic E-state index is 13.2. The monoisotopic (exact) mass is 1010 g/mol. The van der Waals surface area contributed by atoms with Crippen LogP contribution in [0, 0.1) is 47.3 Å². The number of carbonyl (C=O) groups is 3. The smallest absolute Gasteiger partial charge is 0.373 e. The largest absolute Gasteiger partial charge is 0.467 e. The number of benzene rings is 2. The number of hydrogen-bond donors (Lipinski definition) is 3. The molecule has 2 heterocycles. The number of fused-ring (bicyclic) bond motifs is 4. The maximum absolute atomic E-state index is 13.2. The predicted molar refractivity (Wildman–Crippen MR) is 267 cm³/mol. The van der Waals surface area contributed by atoms with Crippen molar-refractivity contribution in [2.75, 3.05) is 39.9 Å². The molecule has 15 heteroatoms. The summed E-state index contributed by atoms with van der Waals surface area (Å²) in [5, 5.41) is 14.0. The first-order valence-corrected chi connectivity index (χ1v) is 28.8. The molecule has 14 rings (SSSR count). The highest BCUT2D eigenvalue weighted by Crippen LogP contribution is 2.57. The van der Waals surface area contributed by atoms with Crippen LogP contribution in [-0.4, -0.2) is 95.8 Å². The number of ether oxygens (including phenoxy) is 1. The molecule has 69 heavy (non-hydrogen) atoms. The minimum absolute atomic E-state index is 0.118. The van der Waals surface area contributed by atoms with Gasteiger partial charge >= 0.3 is 18.2 Å². The van der Waals surface area contributed by atoms with Crippen LogP contribution in [0.15, 0.2) is 48.5 Å². The quantitative estimate of drug-likeness (QED) is 0.190. The zero-order valence-electron chi connectivity index (χ0n) is 40.5. The fourth-order valence-electron chi connectivity index (χ4n) is 16.7. The third kappa shape index (κ3) is 11.1. The Hall–Kier alpha value is -3.48. The number of hydrogen-bond acceptors (Lipinski definition) is 8. The Morgan fingerprint density at radius 3 is 1.35 bits per heavy atom. The summed E-state index contributed by atoms with van der Waals surface area (Å²) in [7, 11) is 8.36. The normalized spacial score (nSPS) is 33.7. The van der Waals surface area contributed by atoms with Crippen LogP contribution in [-0.2, 0) is 39.2 Å². The van der Waals surface area contributed by atoms with Crippen molar-refractivity contribution < 1.29 is 38.0 Å². The first kappa shape index (κ1) is 51.9. The lowest BCUT2D eigenvalue weighted by molar-refractivity contribution is -0.191. The van der Waals surface area contributed by atoms with Gasteiger partial charge in [-0.2, -0.15) is 9.59 Å². The molecular formula is C54H74Cl2N4O8S. The molecule has 2 saturated heterocycles. The summed E-state index contributed by atoms with van der Waals surface area (Å²) >= 11 is 0. The molecule has 2 spiro atoms. The zero-order chi connectivity index (χ0) is 48.9. The van der Waals surface area contributed by atoms with E-state index in [4.69, 9.17) is 23.6 Å². The van der Waals surface area contributed by atoms with Gasteiger partial charge in [0.2, 0.25) is 9.23 Å². The lowest BCUT2D eigenvalue weighted by Crippen LogP contribution is -2.59. The minimum Gasteiger partial charge on any atom is -0.467 e. The molecule has 12 aliphatic rings. The van der Waals surface area contributed by atoms with E-state index in [0.717, 1.165) is 113 Å². The molecule has 8 bridgehead atoms. The summed E-state index contributed by atoms with van der Waals surface area (Å²) < 4.78 is 14.2. The van der Waals surface area contributed by atoms with Gasteiger partial charge in [0.25, 0.3) is 6.47 Å². The van der Waals surface area contributed by atoms with Crippen molar-refractivity contribution in [3.8, 4) is 0 Å². The number of aliphatic hydroxyl groups is 1. The number of rotatable bonds is 6. The van der Waals surface area contributed by atoms with Crippen LogP contribution in [0.2, 0.25) is 0 Å². The summed E-state index contributed by atoms with van der Waals surface area (Å²) in [6, 6.07) is 19.0. The number of amides is 4. The van der Waals surface area contributed by atoms with Gasteiger partial charge in [0, 0.05) is 72.7 Å². The molecule has 3 N–H and O–H groups in total. The van der Waals surface area contributed by atoms with Crippen molar-refractivity contribution >= 4 is 55.3 Å². The number of halogens is 2. The number of nitrogens with zero attached hydrogens (tertiary/aromatic N) is 2. The van der Waals surface area contributed by atoms with Gasteiger partial charge in [-0.25, -0.2) is 13.8 Å². The van der Waals surface area contributed by atoms with Crippen LogP contribution < -0.4 is 10.6 Å². The van der Waals surface area contributed by atoms with E-state index in [-0.39, 0.29) is 29.5 Å². The van der Waals surface area contributed by atoms with Crippen molar-refractivity contribution in [2.24, 2.45) is 47.3 Å². The lowest BCUT2D eigenvalue weighted by atomic mass is 9.54. The van der Waals surface area contributed by atoms with Gasteiger partial charge in [0.1, 0.15) is 0 Å². The van der Waals surface area contributed by atoms with Crippen LogP contribution in [0.4, 0.5) is 9.59 Å². The standard InChI is InChI=1S/C26H34N2O3.C26H36N2O.CO2.CH4O.Cl2OS/c29-16-31-15-21-14-26(23-4-2-1-3-22(21)23)5-7-28(8-6-26)25(30)27-24-19-10-17-9-18(12-19)13-20(24)11-17;1-2-19-16-26(23-6-4-3-5-22(19)23)7-9-28(10-8-26)25(29)27-24-20-12-17-11-18(14-20)15-21(24)13-17;2-1-3;1-2;1-4(2)3/h1-4,16-21,24H,5-15H2,(H,27,30);3-6,17-21,24H,2,7-16H2,1H3,(H,27,29);;2H,1H3;. The third-order valence-electron chi connectivity index (χ3n) is 19.1. The highest BCUT2D eigenvalue weighted by atomic mass is 36.0. The Morgan fingerprint density at radius 1 is 0.667 bits per heavy atom. The average molecular weight is 1010 g/mol. The number of nitrogens with one attached hydrogen (secondary N) is 2. The van der Waals surface area contributed by atoms with Gasteiger partial charge in [0.15, 0.2) is 0 Å². The van der Waals surface area contributed by atoms with E-state index in [9.17, 15) is 14.4 Å². The number of piperidine rings is 2. The van der Waals surface area contributed by atoms with Crippen LogP contribution in [0.1, 0.15) is 150 Å². The molecule has 2 aliphatic heterocycles. The van der Waals surface area contributed by atoms with E-state index < -0.39 is 9.23 Å². The van der Waals surface area contributed by atoms with E-state index >= 15 is 0 Å². The molecule has 0 aromatic heterocycles. The number of carbonyl (C=O) groups excluding carboxylic acids is 5. The predicted octanol–water partition coefficient (Wildman–Crippen LogP) is 9.73. The third-order valence-corrected chi connectivity index (χ3v) is 19.1. The van der Waals surface area contributed by atoms with Crippen LogP contribution in [0.5, 0.6) is 0 Å². The van der Waals surface area contributed by atoms with Gasteiger partial charge in [-0.05, 0) is 195 Å². The topological polar surface area (TPSA) is 162 Å². The number of likely N-dealkylation sites (tertiary alicyclic amines) is 2. The first-order chi connectivity index (χ1) is 33.4. The fourth-order valence-corrected chi connectivity index (χ4v) is 16.7. The molecule has 10 fully saturated rings. The summed E-state index contributed by atoms with van der Waals surface area (Å²) in [5.41, 5.74) is 6.35. The van der Waals surface area contributed by atoms with Gasteiger partial charge in [-0.3, -0.25) is 4.79 Å². The van der Waals surface area contributed by atoms with E-state index in [0.29, 0.717) is 36.5 Å². The lowest BCUT2D eigenvalue weighted by Gasteiger charge is -2.54. The number of aliphatic hydroxyl groups excluding tert-OH is 1. The maximum Gasteiger partial charge on any atom is 0.373 e. The van der Waals surface area contributed by atoms with Crippen molar-refractivity contribution in [1.29, 1.82) is 0 Å². The number of urea groups is 2. The van der Waals surface area contributed by atoms with E-state index in [1.807, 2.05) is 0 Å². The summed E-state index contributed by atoms with van der Waals surface area (Å²) in [5.74, 6) is 7.75. The van der Waals surface area contributed by atoms with Gasteiger partial charge in [-0.1, -0.05) is 55.5 Å². The molecule has 12 nitrogen and oxygen atoms in total. The highest BCUT2D eigenvalue weighted by molar-refractivity contribution is 8.26. The summed E-state index contributed by atoms with van der Waals surface area (Å²) in [6.45, 7) is 6.81. The molecule has 10 aliphatic carbocycles. The van der Waals surface area contributed by atoms with Crippen molar-refractivity contribution in [3.63, 3.8) is 0 Å². The molecular weight excluding hydrogens is 936 g/mol. The molecule has 0 radical (unpaired) electrons. The highest BCUT2D eigenvalue weighted by Gasteiger charge is 2.52. The second kappa shape index (κ2) is 22.9. The summed E-state index contributed by atoms with van der Waals surface area (Å²) in [4.78, 5) is 57.6. The molecule has 2 aromatic rings. The van der Waals surface area contributed by atoms with Crippen molar-refractivity contribution in [3.05, 3.63) is 70.8 Å². The Bertz CT molecular complexity index is 2100. The Kier molecular flexibility index (Phi) is 17.2. The first-order valence-electron chi connectivity index (χ1n) is 26.0. The second-order valence-electron chi connectivity index (χ2n) is 22.4. The molecule has 2 atom stereocenters. The van der Waals surface area contributed by atoms with Crippen molar-refractivity contribution in [2.45, 2.75) is 151 Å². The Balaban J connectivity index is 0.000000159. The Labute approximate surface area is 420 Å². The van der Waals surface area contributed by atoms with Crippen LogP contribution in [0.3, 0.4) is 0 Å². The van der Waals surface area contributed by atoms with E-state index in [1.165, 1.54) is 88.2 Å². The SMILES string of the molecule is CCC1CC2(CCN(C(=O)NC3C4CC5CC(C4)CC3C5)CC2)c2ccccc21.CO.O=C=O.O=COCC1CC2(CCN(C(=O)NC3C4CC5CC(C4)CC3C5)CC2)c2ccccc21.O=S(Cl)Cl. The van der Waals surface area contributed by atoms with Crippen LogP contribution in [0.25, 0.3) is 0 Å². The minimum atomic E-state index is -1.67. The van der Waals surface area contributed by atoms with E-state index in [1.54, 1.807) is 11.1 Å². The van der Waals surface area contributed by atoms with Gasteiger partial charge in [-0.15, -0.1) is 0 Å². The molecule has 378 valence electrons.